The van der Waals surface area contributed by atoms with Crippen LogP contribution in [-0.2, 0) is 0 Å². The molecule has 0 rings (SSSR count). The monoisotopic (exact) mass is 266 g/mol. The van der Waals surface area contributed by atoms with Crippen LogP contribution in [0.2, 0.25) is 0 Å². The average molecular weight is 267 g/mol. The number of rotatable bonds is 7. The van der Waals surface area contributed by atoms with E-state index in [0.717, 1.165) is 5.92 Å². The summed E-state index contributed by atoms with van der Waals surface area (Å²) in [6.45, 7) is 24.7. The third-order valence-electron chi connectivity index (χ3n) is 4.66. The summed E-state index contributed by atoms with van der Waals surface area (Å²) in [7, 11) is 0. The summed E-state index contributed by atoms with van der Waals surface area (Å²) in [6.07, 6.45) is 7.54. The van der Waals surface area contributed by atoms with Crippen LogP contribution >= 0.6 is 0 Å². The van der Waals surface area contributed by atoms with Gasteiger partial charge in [0, 0.05) is 0 Å². The summed E-state index contributed by atoms with van der Waals surface area (Å²) in [6, 6.07) is 0. The molecule has 19 heavy (non-hydrogen) atoms. The first-order valence-electron chi connectivity index (χ1n) is 7.83. The van der Waals surface area contributed by atoms with Crippen molar-refractivity contribution >= 4 is 0 Å². The van der Waals surface area contributed by atoms with Crippen molar-refractivity contribution < 1.29 is 0 Å². The van der Waals surface area contributed by atoms with Crippen molar-refractivity contribution in [3.63, 3.8) is 0 Å². The maximum Gasteiger partial charge on any atom is -0.0175 e. The predicted octanol–water partition coefficient (Wildman–Crippen LogP) is 7.02. The minimum atomic E-state index is 0.366. The summed E-state index contributed by atoms with van der Waals surface area (Å²) in [5.41, 5.74) is 2.40. The third kappa shape index (κ3) is 9.08. The van der Waals surface area contributed by atoms with Crippen LogP contribution < -0.4 is 0 Å². The van der Waals surface area contributed by atoms with Gasteiger partial charge in [0.1, 0.15) is 0 Å². The van der Waals surface area contributed by atoms with Gasteiger partial charge in [-0.1, -0.05) is 66.5 Å². The molecule has 0 amide bonds. The molecule has 0 spiro atoms. The Morgan fingerprint density at radius 3 is 1.95 bits per heavy atom. The highest BCUT2D eigenvalue weighted by Gasteiger charge is 2.24. The molecule has 0 aliphatic heterocycles. The lowest BCUT2D eigenvalue weighted by molar-refractivity contribution is 0.206. The second-order valence-corrected chi connectivity index (χ2v) is 7.13. The van der Waals surface area contributed by atoms with Crippen molar-refractivity contribution in [1.82, 2.24) is 0 Å². The van der Waals surface area contributed by atoms with Gasteiger partial charge in [0.2, 0.25) is 0 Å². The smallest absolute Gasteiger partial charge is 0.0175 e. The third-order valence-corrected chi connectivity index (χ3v) is 4.66. The van der Waals surface area contributed by atoms with Crippen LogP contribution in [0.15, 0.2) is 24.8 Å². The maximum absolute atomic E-state index is 3.00. The fraction of sp³-hybridized carbons (Fsp3) is 0.789. The molecule has 0 heteroatoms. The normalized spacial score (nSPS) is 14.6. The fourth-order valence-electron chi connectivity index (χ4n) is 2.16. The summed E-state index contributed by atoms with van der Waals surface area (Å²) in [5, 5.41) is 0. The lowest BCUT2D eigenvalue weighted by atomic mass is 9.74. The van der Waals surface area contributed by atoms with E-state index in [1.807, 2.05) is 0 Å². The molecule has 1 atom stereocenters. The lowest BCUT2D eigenvalue weighted by Gasteiger charge is -2.31. The van der Waals surface area contributed by atoms with E-state index in [4.69, 9.17) is 0 Å². The fourth-order valence-corrected chi connectivity index (χ4v) is 2.16. The van der Waals surface area contributed by atoms with Crippen LogP contribution in [-0.4, -0.2) is 0 Å². The number of hydrogen-bond donors (Lipinski definition) is 0. The van der Waals surface area contributed by atoms with Gasteiger partial charge in [-0.15, -0.1) is 13.2 Å². The Labute approximate surface area is 123 Å². The van der Waals surface area contributed by atoms with Gasteiger partial charge in [-0.2, -0.15) is 0 Å². The summed E-state index contributed by atoms with van der Waals surface area (Å²) < 4.78 is 0. The molecule has 0 N–H and O–H groups in total. The van der Waals surface area contributed by atoms with Crippen LogP contribution in [0.3, 0.4) is 0 Å². The molecule has 0 fully saturated rings. The van der Waals surface area contributed by atoms with E-state index >= 15 is 0 Å². The Kier molecular flexibility index (Phi) is 10.3. The van der Waals surface area contributed by atoms with Crippen molar-refractivity contribution in [3.8, 4) is 0 Å². The molecule has 0 aliphatic rings. The van der Waals surface area contributed by atoms with E-state index in [1.54, 1.807) is 5.57 Å². The van der Waals surface area contributed by atoms with Crippen LogP contribution in [0.25, 0.3) is 0 Å². The molecule has 0 aromatic carbocycles. The zero-order valence-electron chi connectivity index (χ0n) is 14.9. The average Bonchev–Trinajstić information content (AvgIpc) is 2.37. The highest BCUT2D eigenvalue weighted by atomic mass is 14.3. The quantitative estimate of drug-likeness (QED) is 0.434. The van der Waals surface area contributed by atoms with Crippen LogP contribution in [0, 0.1) is 16.7 Å². The Hall–Kier alpha value is -0.520. The SMILES string of the molecule is C=C.CCC(C)C(C)(C)CC/C(C)=C/C(C)(C)CC. The molecule has 0 nitrogen and oxygen atoms in total. The van der Waals surface area contributed by atoms with Gasteiger partial charge in [-0.05, 0) is 42.9 Å². The summed E-state index contributed by atoms with van der Waals surface area (Å²) in [4.78, 5) is 0. The summed E-state index contributed by atoms with van der Waals surface area (Å²) in [5.74, 6) is 0.814. The number of hydrogen-bond acceptors (Lipinski definition) is 0. The largest absolute Gasteiger partial charge is 0.106 e. The van der Waals surface area contributed by atoms with E-state index in [0.29, 0.717) is 10.8 Å². The van der Waals surface area contributed by atoms with E-state index in [-0.39, 0.29) is 0 Å². The van der Waals surface area contributed by atoms with Crippen molar-refractivity contribution in [2.24, 2.45) is 16.7 Å². The first kappa shape index (κ1) is 20.8. The minimum Gasteiger partial charge on any atom is -0.106 e. The van der Waals surface area contributed by atoms with Gasteiger partial charge in [-0.3, -0.25) is 0 Å². The zero-order chi connectivity index (χ0) is 15.7. The molecule has 0 saturated carbocycles. The van der Waals surface area contributed by atoms with E-state index in [2.05, 4.69) is 74.6 Å². The van der Waals surface area contributed by atoms with Gasteiger partial charge in [0.05, 0.1) is 0 Å². The summed E-state index contributed by atoms with van der Waals surface area (Å²) >= 11 is 0. The van der Waals surface area contributed by atoms with Gasteiger partial charge in [-0.25, -0.2) is 0 Å². The predicted molar refractivity (Wildman–Crippen MR) is 91.6 cm³/mol. The molecule has 0 heterocycles. The topological polar surface area (TPSA) is 0 Å². The van der Waals surface area contributed by atoms with Gasteiger partial charge < -0.3 is 0 Å². The van der Waals surface area contributed by atoms with Gasteiger partial charge in [0.15, 0.2) is 0 Å². The molecule has 0 saturated heterocycles. The molecule has 0 radical (unpaired) electrons. The second-order valence-electron chi connectivity index (χ2n) is 7.13. The van der Waals surface area contributed by atoms with Gasteiger partial charge >= 0.3 is 0 Å². The molecular weight excluding hydrogens is 228 g/mol. The van der Waals surface area contributed by atoms with Crippen molar-refractivity contribution in [1.29, 1.82) is 0 Å². The molecule has 0 aliphatic carbocycles. The first-order chi connectivity index (χ1) is 8.64. The number of allylic oxidation sites excluding steroid dienone is 2. The zero-order valence-corrected chi connectivity index (χ0v) is 14.9. The molecule has 114 valence electrons. The highest BCUT2D eigenvalue weighted by molar-refractivity contribution is 5.05. The molecule has 0 aromatic rings. The Morgan fingerprint density at radius 2 is 1.58 bits per heavy atom. The minimum absolute atomic E-state index is 0.366. The van der Waals surface area contributed by atoms with E-state index in [1.165, 1.54) is 25.7 Å². The lowest BCUT2D eigenvalue weighted by Crippen LogP contribution is -2.21. The molecule has 1 unspecified atom stereocenters. The van der Waals surface area contributed by atoms with Crippen LogP contribution in [0.1, 0.15) is 81.1 Å². The van der Waals surface area contributed by atoms with Crippen LogP contribution in [0.5, 0.6) is 0 Å². The Bertz CT molecular complexity index is 255. The van der Waals surface area contributed by atoms with E-state index < -0.39 is 0 Å². The van der Waals surface area contributed by atoms with Gasteiger partial charge in [0.25, 0.3) is 0 Å². The van der Waals surface area contributed by atoms with Crippen LogP contribution in [0.4, 0.5) is 0 Å². The maximum atomic E-state index is 3.00. The van der Waals surface area contributed by atoms with Crippen molar-refractivity contribution in [3.05, 3.63) is 24.8 Å². The molecule has 0 bridgehead atoms. The Balaban J connectivity index is 0. The first-order valence-corrected chi connectivity index (χ1v) is 7.83. The molecular formula is C19H38. The Morgan fingerprint density at radius 1 is 1.11 bits per heavy atom. The standard InChI is InChI=1S/C17H34.C2H4/c1-9-15(4)17(7,8)12-11-14(3)13-16(5,6)10-2;1-2/h13,15H,9-12H2,1-8H3;1-2H2/b14-13+;. The van der Waals surface area contributed by atoms with Crippen molar-refractivity contribution in [2.45, 2.75) is 81.1 Å². The molecule has 0 aromatic heterocycles. The second kappa shape index (κ2) is 9.39. The van der Waals surface area contributed by atoms with E-state index in [9.17, 15) is 0 Å². The highest BCUT2D eigenvalue weighted by Crippen LogP contribution is 2.35. The van der Waals surface area contributed by atoms with Crippen molar-refractivity contribution in [2.75, 3.05) is 0 Å².